The van der Waals surface area contributed by atoms with Gasteiger partial charge in [-0.15, -0.1) is 5.10 Å². The number of aromatic nitrogens is 5. The minimum Gasteiger partial charge on any atom is -0.493 e. The van der Waals surface area contributed by atoms with Gasteiger partial charge in [0, 0.05) is 30.1 Å². The maximum absolute atomic E-state index is 13.4. The fraction of sp³-hybridized carbons (Fsp3) is 0.467. The average molecular weight is 533 g/mol. The van der Waals surface area contributed by atoms with Gasteiger partial charge in [0.25, 0.3) is 5.56 Å². The van der Waals surface area contributed by atoms with Gasteiger partial charge in [-0.1, -0.05) is 50.6 Å². The van der Waals surface area contributed by atoms with Crippen molar-refractivity contribution in [2.45, 2.75) is 72.6 Å². The molecule has 2 aromatic carbocycles. The Morgan fingerprint density at radius 1 is 1.03 bits per heavy atom. The number of hydrogen-bond acceptors (Lipinski definition) is 7. The smallest absolute Gasteiger partial charge is 0.252 e. The predicted octanol–water partition coefficient (Wildman–Crippen LogP) is 5.38. The summed E-state index contributed by atoms with van der Waals surface area (Å²) in [7, 11) is 3.19. The highest BCUT2D eigenvalue weighted by molar-refractivity contribution is 5.83. The van der Waals surface area contributed by atoms with Gasteiger partial charge in [-0.05, 0) is 61.2 Å². The molecular formula is C30H40N6O3. The van der Waals surface area contributed by atoms with Crippen molar-refractivity contribution in [1.29, 1.82) is 0 Å². The van der Waals surface area contributed by atoms with E-state index in [0.29, 0.717) is 35.7 Å². The second-order valence-electron chi connectivity index (χ2n) is 11.1. The van der Waals surface area contributed by atoms with Gasteiger partial charge in [0.15, 0.2) is 17.3 Å². The summed E-state index contributed by atoms with van der Waals surface area (Å²) in [6, 6.07) is 14.0. The van der Waals surface area contributed by atoms with E-state index in [1.807, 2.05) is 16.8 Å². The summed E-state index contributed by atoms with van der Waals surface area (Å²) in [6.45, 7) is 13.9. The number of benzene rings is 2. The highest BCUT2D eigenvalue weighted by atomic mass is 16.5. The van der Waals surface area contributed by atoms with Gasteiger partial charge in [0.1, 0.15) is 0 Å². The molecule has 0 fully saturated rings. The van der Waals surface area contributed by atoms with Crippen molar-refractivity contribution in [3.05, 3.63) is 75.3 Å². The van der Waals surface area contributed by atoms with E-state index in [1.54, 1.807) is 20.3 Å². The zero-order valence-corrected chi connectivity index (χ0v) is 24.3. The number of methoxy groups -OCH3 is 2. The summed E-state index contributed by atoms with van der Waals surface area (Å²) in [4.78, 5) is 18.7. The molecule has 0 aliphatic rings. The Labute approximate surface area is 230 Å². The van der Waals surface area contributed by atoms with Crippen molar-refractivity contribution in [3.8, 4) is 11.5 Å². The molecule has 0 spiro atoms. The van der Waals surface area contributed by atoms with Gasteiger partial charge in [-0.25, -0.2) is 4.68 Å². The Balaban J connectivity index is 1.82. The number of ether oxygens (including phenoxy) is 2. The Hall–Kier alpha value is -3.72. The van der Waals surface area contributed by atoms with Gasteiger partial charge in [0.05, 0.1) is 31.3 Å². The minimum atomic E-state index is -0.252. The molecule has 4 aromatic rings. The van der Waals surface area contributed by atoms with E-state index in [2.05, 4.69) is 91.2 Å². The molecule has 1 N–H and O–H groups in total. The van der Waals surface area contributed by atoms with Crippen molar-refractivity contribution in [3.63, 3.8) is 0 Å². The summed E-state index contributed by atoms with van der Waals surface area (Å²) in [6.07, 6.45) is 0.878. The minimum absolute atomic E-state index is 0.132. The van der Waals surface area contributed by atoms with Crippen LogP contribution < -0.4 is 15.0 Å². The lowest BCUT2D eigenvalue weighted by molar-refractivity contribution is 0.118. The van der Waals surface area contributed by atoms with Crippen molar-refractivity contribution in [1.82, 2.24) is 30.1 Å². The van der Waals surface area contributed by atoms with Crippen LogP contribution in [0.15, 0.2) is 47.3 Å². The first-order valence-corrected chi connectivity index (χ1v) is 13.4. The van der Waals surface area contributed by atoms with E-state index in [1.165, 1.54) is 5.56 Å². The number of rotatable bonds is 11. The van der Waals surface area contributed by atoms with Crippen LogP contribution in [0.1, 0.15) is 69.6 Å². The summed E-state index contributed by atoms with van der Waals surface area (Å²) in [5.74, 6) is 2.16. The molecule has 9 nitrogen and oxygen atoms in total. The molecule has 0 amide bonds. The maximum Gasteiger partial charge on any atom is 0.252 e. The van der Waals surface area contributed by atoms with Crippen LogP contribution >= 0.6 is 0 Å². The average Bonchev–Trinajstić information content (AvgIpc) is 3.39. The van der Waals surface area contributed by atoms with Crippen LogP contribution in [0.2, 0.25) is 0 Å². The maximum atomic E-state index is 13.4. The number of H-pyrrole nitrogens is 1. The Morgan fingerprint density at radius 3 is 2.31 bits per heavy atom. The lowest BCUT2D eigenvalue weighted by Crippen LogP contribution is -2.38. The number of aromatic amines is 1. The van der Waals surface area contributed by atoms with E-state index in [-0.39, 0.29) is 23.1 Å². The van der Waals surface area contributed by atoms with Crippen molar-refractivity contribution in [2.24, 2.45) is 5.92 Å². The van der Waals surface area contributed by atoms with Crippen LogP contribution in [0, 0.1) is 12.8 Å². The molecule has 0 aliphatic heterocycles. The number of tetrazole rings is 1. The summed E-state index contributed by atoms with van der Waals surface area (Å²) in [5.41, 5.74) is 3.32. The summed E-state index contributed by atoms with van der Waals surface area (Å²) < 4.78 is 12.9. The van der Waals surface area contributed by atoms with Gasteiger partial charge < -0.3 is 14.5 Å². The zero-order valence-electron chi connectivity index (χ0n) is 24.3. The molecule has 0 unspecified atom stereocenters. The van der Waals surface area contributed by atoms with Crippen molar-refractivity contribution in [2.75, 3.05) is 14.2 Å². The fourth-order valence-electron chi connectivity index (χ4n) is 4.94. The first-order valence-electron chi connectivity index (χ1n) is 13.4. The normalized spacial score (nSPS) is 12.9. The second-order valence-corrected chi connectivity index (χ2v) is 11.1. The van der Waals surface area contributed by atoms with Crippen LogP contribution in [-0.2, 0) is 18.6 Å². The SMILES string of the molecule is CCC(C)(C)n1nnnc1[C@H](C(C)C)N(Cc1ccc(C)cc1)Cc1cc2cc(OC)c(OC)cc2[nH]c1=O. The molecule has 9 heteroatoms. The number of pyridine rings is 1. The van der Waals surface area contributed by atoms with Gasteiger partial charge in [-0.2, -0.15) is 0 Å². The molecule has 39 heavy (non-hydrogen) atoms. The number of nitrogens with zero attached hydrogens (tertiary/aromatic N) is 5. The quantitative estimate of drug-likeness (QED) is 0.277. The van der Waals surface area contributed by atoms with Crippen LogP contribution in [0.3, 0.4) is 0 Å². The molecule has 0 bridgehead atoms. The van der Waals surface area contributed by atoms with Crippen LogP contribution in [-0.4, -0.2) is 44.3 Å². The van der Waals surface area contributed by atoms with Crippen LogP contribution in [0.5, 0.6) is 11.5 Å². The monoisotopic (exact) mass is 532 g/mol. The summed E-state index contributed by atoms with van der Waals surface area (Å²) in [5, 5.41) is 13.9. The molecule has 2 aromatic heterocycles. The number of aryl methyl sites for hydroxylation is 1. The van der Waals surface area contributed by atoms with Crippen molar-refractivity contribution < 1.29 is 9.47 Å². The van der Waals surface area contributed by atoms with Crippen LogP contribution in [0.25, 0.3) is 10.9 Å². The number of fused-ring (bicyclic) bond motifs is 1. The lowest BCUT2D eigenvalue weighted by Gasteiger charge is -2.35. The highest BCUT2D eigenvalue weighted by Crippen LogP contribution is 2.34. The first-order chi connectivity index (χ1) is 18.6. The predicted molar refractivity (Wildman–Crippen MR) is 153 cm³/mol. The van der Waals surface area contributed by atoms with E-state index >= 15 is 0 Å². The van der Waals surface area contributed by atoms with E-state index in [0.717, 1.165) is 23.2 Å². The van der Waals surface area contributed by atoms with Gasteiger partial charge in [0.2, 0.25) is 0 Å². The Morgan fingerprint density at radius 2 is 1.69 bits per heavy atom. The second kappa shape index (κ2) is 11.6. The highest BCUT2D eigenvalue weighted by Gasteiger charge is 2.34. The zero-order chi connectivity index (χ0) is 28.3. The molecule has 2 heterocycles. The number of hydrogen-bond donors (Lipinski definition) is 1. The largest absolute Gasteiger partial charge is 0.493 e. The van der Waals surface area contributed by atoms with Crippen molar-refractivity contribution >= 4 is 10.9 Å². The number of nitrogens with one attached hydrogen (secondary N) is 1. The van der Waals surface area contributed by atoms with E-state index in [4.69, 9.17) is 9.47 Å². The van der Waals surface area contributed by atoms with Gasteiger partial charge in [-0.3, -0.25) is 9.69 Å². The lowest BCUT2D eigenvalue weighted by atomic mass is 9.96. The third kappa shape index (κ3) is 5.98. The third-order valence-corrected chi connectivity index (χ3v) is 7.53. The Kier molecular flexibility index (Phi) is 8.39. The molecule has 4 rings (SSSR count). The molecule has 208 valence electrons. The fourth-order valence-corrected chi connectivity index (χ4v) is 4.94. The van der Waals surface area contributed by atoms with E-state index < -0.39 is 0 Å². The topological polar surface area (TPSA) is 98.2 Å². The molecule has 0 aliphatic carbocycles. The Bertz CT molecular complexity index is 1470. The molecule has 0 saturated carbocycles. The van der Waals surface area contributed by atoms with E-state index in [9.17, 15) is 4.79 Å². The molecule has 1 atom stereocenters. The summed E-state index contributed by atoms with van der Waals surface area (Å²) >= 11 is 0. The first kappa shape index (κ1) is 28.3. The van der Waals surface area contributed by atoms with Gasteiger partial charge >= 0.3 is 0 Å². The third-order valence-electron chi connectivity index (χ3n) is 7.53. The standard InChI is InChI=1S/C30H40N6O3/c1-9-30(5,6)36-28(32-33-34-36)27(19(2)3)35(17-21-12-10-20(4)11-13-21)18-23-14-22-15-25(38-7)26(39-8)16-24(22)31-29(23)37/h10-16,19,27H,9,17-18H2,1-8H3,(H,31,37)/t27-/m0/s1. The molecule has 0 saturated heterocycles. The molecule has 0 radical (unpaired) electrons. The molecular weight excluding hydrogens is 492 g/mol. The van der Waals surface area contributed by atoms with Crippen LogP contribution in [0.4, 0.5) is 0 Å².